The molecule has 0 aliphatic carbocycles. The Kier molecular flexibility index (Phi) is 33.9. The molecule has 0 heterocycles. The van der Waals surface area contributed by atoms with Crippen LogP contribution in [-0.2, 0) is 9.59 Å². The Hall–Kier alpha value is -7.31. The molecule has 4 aromatic rings. The number of carbonyl (C=O) groups excluding carboxylic acids is 8. The molecule has 18 nitrogen and oxygen atoms in total. The molecular weight excluding hydrogens is 1080 g/mol. The van der Waals surface area contributed by atoms with Crippen molar-refractivity contribution in [2.24, 2.45) is 29.4 Å². The molecule has 6 atom stereocenters. The molecule has 83 heavy (non-hydrogen) atoms. The highest BCUT2D eigenvalue weighted by Crippen LogP contribution is 2.17. The lowest BCUT2D eigenvalue weighted by atomic mass is 9.95. The Morgan fingerprint density at radius 3 is 1.24 bits per heavy atom. The number of carbonyl (C=O) groups is 8. The van der Waals surface area contributed by atoms with E-state index in [2.05, 4.69) is 31.3 Å². The molecule has 0 unspecified atom stereocenters. The van der Waals surface area contributed by atoms with Gasteiger partial charge in [0.2, 0.25) is 11.8 Å². The first-order valence-electron chi connectivity index (χ1n) is 29.1. The number of nitrogens with zero attached hydrogens (tertiary/aromatic N) is 2. The Morgan fingerprint density at radius 2 is 0.855 bits per heavy atom. The van der Waals surface area contributed by atoms with Gasteiger partial charge in [0.05, 0.1) is 6.04 Å². The van der Waals surface area contributed by atoms with E-state index in [1.807, 2.05) is 86.3 Å². The maximum atomic E-state index is 13.3. The Labute approximate surface area is 498 Å². The molecule has 456 valence electrons. The Balaban J connectivity index is 0.000000494. The van der Waals surface area contributed by atoms with E-state index >= 15 is 0 Å². The molecule has 0 bridgehead atoms. The van der Waals surface area contributed by atoms with Crippen LogP contribution in [0.4, 0.5) is 9.59 Å². The number of benzene rings is 4. The topological polar surface area (TPSA) is 248 Å². The van der Waals surface area contributed by atoms with Crippen LogP contribution < -0.4 is 41.8 Å². The third-order valence-corrected chi connectivity index (χ3v) is 13.0. The Morgan fingerprint density at radius 1 is 0.482 bits per heavy atom. The molecule has 0 fully saturated rings. The minimum atomic E-state index is -0.814. The third kappa shape index (κ3) is 28.0. The summed E-state index contributed by atoms with van der Waals surface area (Å²) in [5, 5.41) is 14.5. The zero-order chi connectivity index (χ0) is 62.0. The lowest BCUT2D eigenvalue weighted by Crippen LogP contribution is -2.52. The van der Waals surface area contributed by atoms with Crippen LogP contribution in [0.5, 0.6) is 11.5 Å². The summed E-state index contributed by atoms with van der Waals surface area (Å²) in [6, 6.07) is 28.9. The van der Waals surface area contributed by atoms with Gasteiger partial charge < -0.3 is 51.6 Å². The lowest BCUT2D eigenvalue weighted by molar-refractivity contribution is -0.125. The quantitative estimate of drug-likeness (QED) is 0.0279. The largest absolute Gasteiger partial charge is 0.415 e. The minimum absolute atomic E-state index is 0.0254. The first-order valence-corrected chi connectivity index (χ1v) is 29.5. The summed E-state index contributed by atoms with van der Waals surface area (Å²) in [6.07, 6.45) is 3.52. The van der Waals surface area contributed by atoms with E-state index in [-0.39, 0.29) is 59.9 Å². The molecule has 19 heteroatoms. The molecule has 0 spiro atoms. The second-order valence-corrected chi connectivity index (χ2v) is 21.9. The van der Waals surface area contributed by atoms with Gasteiger partial charge in [-0.1, -0.05) is 118 Å². The summed E-state index contributed by atoms with van der Waals surface area (Å²) in [5.41, 5.74) is 7.17. The van der Waals surface area contributed by atoms with Crippen LogP contribution in [0.25, 0.3) is 0 Å². The van der Waals surface area contributed by atoms with E-state index in [4.69, 9.17) is 22.1 Å². The second kappa shape index (κ2) is 39.2. The van der Waals surface area contributed by atoms with E-state index in [1.54, 1.807) is 116 Å². The molecule has 0 aliphatic heterocycles. The van der Waals surface area contributed by atoms with Crippen LogP contribution >= 0.6 is 11.6 Å². The zero-order valence-electron chi connectivity index (χ0n) is 50.9. The maximum absolute atomic E-state index is 13.3. The zero-order valence-corrected chi connectivity index (χ0v) is 51.7. The van der Waals surface area contributed by atoms with E-state index < -0.39 is 29.5 Å². The molecule has 4 aromatic carbocycles. The number of ether oxygens (including phenoxy) is 2. The van der Waals surface area contributed by atoms with Crippen molar-refractivity contribution in [2.45, 2.75) is 146 Å². The summed E-state index contributed by atoms with van der Waals surface area (Å²) in [4.78, 5) is 103. The van der Waals surface area contributed by atoms with Crippen LogP contribution in [0.15, 0.2) is 109 Å². The molecule has 0 aromatic heterocycles. The van der Waals surface area contributed by atoms with Crippen molar-refractivity contribution >= 4 is 58.6 Å². The SMILES string of the molecule is CCCN(CCC)C(=O)c1cccc(C(=O)N[C@@H](C)[C@@H](N)C[C@@H](C)C(=O)NCC(C)C)c1.CCCN(CCC)C(=O)c1cccc(C(=O)N[C@@H](C)[C@H](C[C@@H](C)C(=O)NCC(C)C)NC(=O)Oc2ccccc2)c1.O=C(Cl)Oc1ccccc1. The van der Waals surface area contributed by atoms with Gasteiger partial charge in [-0.05, 0) is 125 Å². The van der Waals surface area contributed by atoms with Crippen LogP contribution in [0.1, 0.15) is 163 Å². The highest BCUT2D eigenvalue weighted by atomic mass is 35.5. The van der Waals surface area contributed by atoms with Gasteiger partial charge in [-0.2, -0.15) is 0 Å². The van der Waals surface area contributed by atoms with E-state index in [1.165, 1.54) is 0 Å². The molecule has 0 saturated carbocycles. The van der Waals surface area contributed by atoms with Gasteiger partial charge in [0.1, 0.15) is 11.5 Å². The maximum Gasteiger partial charge on any atom is 0.412 e. The predicted octanol–water partition coefficient (Wildman–Crippen LogP) is 10.6. The highest BCUT2D eigenvalue weighted by Gasteiger charge is 2.28. The fraction of sp³-hybridized carbons (Fsp3) is 0.500. The smallest absolute Gasteiger partial charge is 0.412 e. The molecule has 0 radical (unpaired) electrons. The molecule has 7 amide bonds. The number of halogens is 1. The summed E-state index contributed by atoms with van der Waals surface area (Å²) >= 11 is 4.95. The van der Waals surface area contributed by atoms with E-state index in [0.717, 1.165) is 25.7 Å². The van der Waals surface area contributed by atoms with E-state index in [9.17, 15) is 38.4 Å². The summed E-state index contributed by atoms with van der Waals surface area (Å²) in [7, 11) is 0. The van der Waals surface area contributed by atoms with Crippen molar-refractivity contribution in [1.82, 2.24) is 36.4 Å². The van der Waals surface area contributed by atoms with Crippen molar-refractivity contribution in [2.75, 3.05) is 39.3 Å². The summed E-state index contributed by atoms with van der Waals surface area (Å²) in [5.74, 6) is -0.136. The molecular formula is C64H93ClN8O10. The number of amides is 7. The van der Waals surface area contributed by atoms with Gasteiger partial charge in [-0.25, -0.2) is 9.59 Å². The van der Waals surface area contributed by atoms with Crippen molar-refractivity contribution < 1.29 is 47.8 Å². The third-order valence-electron chi connectivity index (χ3n) is 13.0. The van der Waals surface area contributed by atoms with E-state index in [0.29, 0.717) is 91.3 Å². The van der Waals surface area contributed by atoms with Gasteiger partial charge in [-0.15, -0.1) is 0 Å². The summed E-state index contributed by atoms with van der Waals surface area (Å²) in [6.45, 7) is 27.3. The average molecular weight is 1170 g/mol. The standard InChI is InChI=1S/C32H46N4O5.C25H42N4O3.C7H5ClO2/c1-7-17-36(18-8-2)31(39)26-14-12-13-25(20-26)30(38)34-24(6)28(19-23(5)29(37)33-21-22(3)4)35-32(40)41-27-15-10-9-11-16-27;1-7-12-29(13-8-2)25(32)21-11-9-10-20(15-21)24(31)28-19(6)22(26)14-18(5)23(30)27-16-17(3)4;8-7(9)10-6-4-2-1-3-5-6/h9-16,20,22-24,28H,7-8,17-19,21H2,1-6H3,(H,33,37)(H,34,38)(H,35,40);9-11,15,17-19,22H,7-8,12-14,16,26H2,1-6H3,(H,27,30)(H,28,31);1-5H/t23-,24+,28+;18-,19+,22+;/m11./s1. The molecule has 7 N–H and O–H groups in total. The fourth-order valence-corrected chi connectivity index (χ4v) is 8.45. The molecule has 0 saturated heterocycles. The number of hydrogen-bond acceptors (Lipinski definition) is 11. The van der Waals surface area contributed by atoms with Crippen molar-refractivity contribution in [1.29, 1.82) is 0 Å². The lowest BCUT2D eigenvalue weighted by Gasteiger charge is -2.28. The highest BCUT2D eigenvalue weighted by molar-refractivity contribution is 6.61. The number of nitrogens with two attached hydrogens (primary N) is 1. The van der Waals surface area contributed by atoms with Crippen LogP contribution in [0.3, 0.4) is 0 Å². The van der Waals surface area contributed by atoms with Crippen molar-refractivity contribution in [3.63, 3.8) is 0 Å². The Bertz CT molecular complexity index is 2610. The average Bonchev–Trinajstić information content (AvgIpc) is 3.54. The first-order chi connectivity index (χ1) is 39.4. The van der Waals surface area contributed by atoms with Crippen LogP contribution in [0, 0.1) is 23.7 Å². The molecule has 4 rings (SSSR count). The van der Waals surface area contributed by atoms with Gasteiger partial charge in [0.25, 0.3) is 23.6 Å². The first kappa shape index (κ1) is 71.8. The minimum Gasteiger partial charge on any atom is -0.415 e. The van der Waals surface area contributed by atoms with Crippen molar-refractivity contribution in [3.8, 4) is 11.5 Å². The molecule has 0 aliphatic rings. The monoisotopic (exact) mass is 1170 g/mol. The summed E-state index contributed by atoms with van der Waals surface area (Å²) < 4.78 is 9.95. The van der Waals surface area contributed by atoms with Gasteiger partial charge in [0, 0.05) is 103 Å². The predicted molar refractivity (Wildman–Crippen MR) is 329 cm³/mol. The van der Waals surface area contributed by atoms with Gasteiger partial charge in [-0.3, -0.25) is 28.8 Å². The fourth-order valence-electron chi connectivity index (χ4n) is 8.36. The van der Waals surface area contributed by atoms with Crippen molar-refractivity contribution in [3.05, 3.63) is 131 Å². The second-order valence-electron chi connectivity index (χ2n) is 21.6. The number of nitrogens with one attached hydrogen (secondary N) is 5. The van der Waals surface area contributed by atoms with Gasteiger partial charge in [0.15, 0.2) is 0 Å². The number of rotatable bonds is 29. The van der Waals surface area contributed by atoms with Crippen LogP contribution in [0.2, 0.25) is 0 Å². The number of para-hydroxylation sites is 2. The number of hydrogen-bond donors (Lipinski definition) is 6. The van der Waals surface area contributed by atoms with Gasteiger partial charge >= 0.3 is 11.5 Å². The normalized spacial score (nSPS) is 12.9. The van der Waals surface area contributed by atoms with Crippen LogP contribution in [-0.4, -0.2) is 120 Å².